The van der Waals surface area contributed by atoms with Crippen LogP contribution in [-0.2, 0) is 49.1 Å². The van der Waals surface area contributed by atoms with E-state index in [0.29, 0.717) is 69.5 Å². The zero-order valence-corrected chi connectivity index (χ0v) is 53.9. The second-order valence-corrected chi connectivity index (χ2v) is 23.6. The number of pyridine rings is 2. The van der Waals surface area contributed by atoms with E-state index in [1.165, 1.54) is 50.2 Å². The average molecular weight is 1300 g/mol. The van der Waals surface area contributed by atoms with Crippen molar-refractivity contribution in [1.29, 1.82) is 0 Å². The number of likely N-dealkylation sites (N-methyl/N-ethyl adjacent to an activating group) is 2. The molecule has 2 heterocycles. The van der Waals surface area contributed by atoms with Crippen LogP contribution in [-0.4, -0.2) is 95.7 Å². The zero-order valence-electron chi connectivity index (χ0n) is 53.9. The number of amides is 2. The minimum absolute atomic E-state index is 0.0319. The summed E-state index contributed by atoms with van der Waals surface area (Å²) in [6.07, 6.45) is -7.89. The number of alkyl halides is 6. The Bertz CT molecular complexity index is 3740. The van der Waals surface area contributed by atoms with Gasteiger partial charge in [0.15, 0.2) is 0 Å². The summed E-state index contributed by atoms with van der Waals surface area (Å²) in [4.78, 5) is 81.8. The van der Waals surface area contributed by atoms with Crippen LogP contribution in [0, 0.1) is 64.8 Å². The number of aliphatic carboxylic acids is 1. The molecule has 24 heteroatoms. The van der Waals surface area contributed by atoms with Gasteiger partial charge in [-0.25, -0.2) is 17.6 Å². The number of carbonyl (C=O) groups excluding carboxylic acids is 3. The number of hydrogen-bond donors (Lipinski definition) is 3. The van der Waals surface area contributed by atoms with Gasteiger partial charge in [0.1, 0.15) is 35.4 Å². The fraction of sp³-hybridized carbons (Fsp3) is 0.441. The van der Waals surface area contributed by atoms with E-state index >= 15 is 8.78 Å². The van der Waals surface area contributed by atoms with Crippen molar-refractivity contribution in [1.82, 2.24) is 29.6 Å². The molecule has 6 aromatic rings. The van der Waals surface area contributed by atoms with Crippen LogP contribution >= 0.6 is 0 Å². The maximum absolute atomic E-state index is 15.9. The van der Waals surface area contributed by atoms with Gasteiger partial charge in [0, 0.05) is 48.7 Å². The Labute approximate surface area is 528 Å². The molecule has 0 saturated heterocycles. The van der Waals surface area contributed by atoms with E-state index in [4.69, 9.17) is 4.74 Å². The Kier molecular flexibility index (Phi) is 25.9. The molecular weight excluding hydrogens is 1220 g/mol. The molecule has 0 aliphatic heterocycles. The summed E-state index contributed by atoms with van der Waals surface area (Å²) in [6, 6.07) is 7.11. The molecule has 4 aromatic carbocycles. The number of aromatic nitrogens is 2. The number of halogens is 10. The first-order valence-corrected chi connectivity index (χ1v) is 30.0. The normalized spacial score (nSPS) is 13.1. The van der Waals surface area contributed by atoms with Crippen LogP contribution in [0.3, 0.4) is 0 Å². The third-order valence-corrected chi connectivity index (χ3v) is 15.6. The predicted molar refractivity (Wildman–Crippen MR) is 331 cm³/mol. The quantitative estimate of drug-likeness (QED) is 0.0370. The molecule has 0 saturated carbocycles. The lowest BCUT2D eigenvalue weighted by Gasteiger charge is -2.26. The summed E-state index contributed by atoms with van der Waals surface area (Å²) >= 11 is 0. The molecule has 0 spiro atoms. The van der Waals surface area contributed by atoms with Crippen molar-refractivity contribution in [2.45, 2.75) is 150 Å². The Balaban J connectivity index is 0.000000334. The van der Waals surface area contributed by atoms with E-state index in [0.717, 1.165) is 21.5 Å². The van der Waals surface area contributed by atoms with Crippen molar-refractivity contribution in [3.8, 4) is 22.3 Å². The fourth-order valence-corrected chi connectivity index (χ4v) is 11.3. The molecule has 2 aromatic heterocycles. The first-order chi connectivity index (χ1) is 42.9. The number of aryl methyl sites for hydroxylation is 6. The van der Waals surface area contributed by atoms with Crippen LogP contribution in [0.4, 0.5) is 43.9 Å². The molecule has 3 N–H and O–H groups in total. The molecule has 0 fully saturated rings. The largest absolute Gasteiger partial charge is 0.481 e. The minimum atomic E-state index is -4.80. The van der Waals surface area contributed by atoms with E-state index in [1.807, 2.05) is 0 Å². The van der Waals surface area contributed by atoms with Crippen LogP contribution in [0.1, 0.15) is 150 Å². The molecule has 2 amide bonds. The Morgan fingerprint density at radius 1 is 0.533 bits per heavy atom. The summed E-state index contributed by atoms with van der Waals surface area (Å²) in [7, 11) is 6.78. The van der Waals surface area contributed by atoms with E-state index in [2.05, 4.69) is 10.6 Å². The van der Waals surface area contributed by atoms with Crippen LogP contribution < -0.4 is 21.8 Å². The second kappa shape index (κ2) is 31.9. The summed E-state index contributed by atoms with van der Waals surface area (Å²) < 4.78 is 150. The van der Waals surface area contributed by atoms with Gasteiger partial charge in [-0.3, -0.25) is 28.8 Å². The van der Waals surface area contributed by atoms with Gasteiger partial charge in [-0.15, -0.1) is 0 Å². The number of carboxylic acid groups (broad SMARTS) is 1. The number of hydrogen-bond acceptors (Lipinski definition) is 9. The number of nitrogens with zero attached hydrogens (tertiary/aromatic N) is 4. The molecule has 6 rings (SSSR count). The van der Waals surface area contributed by atoms with Gasteiger partial charge in [-0.05, 0) is 218 Å². The fourth-order valence-electron chi connectivity index (χ4n) is 11.3. The van der Waals surface area contributed by atoms with E-state index < -0.39 is 119 Å². The Hall–Kier alpha value is -8.12. The SMILES string of the molecule is CCCC(C(=O)N[C@@H](CC(=O)O)c1cc(-c2c(C)cc(F)cc2C)cc(C)c1F)n1cc(CCN(C)C)c(C(F)(F)F)cc1=O.CCCC(C(=O)N[C@@H](CC(=O)OCC)c1cc(-c2c(C)cc(F)cc2C)cc(C)c1F)n1cc(CCN(C)C)c(C(F)(F)F)cc1=O. The number of ether oxygens (including phenoxy) is 1. The Morgan fingerprint density at radius 3 is 1.18 bits per heavy atom. The lowest BCUT2D eigenvalue weighted by Crippen LogP contribution is -2.40. The predicted octanol–water partition coefficient (Wildman–Crippen LogP) is 13.5. The average Bonchev–Trinajstić information content (AvgIpc) is 0.843. The van der Waals surface area contributed by atoms with Crippen molar-refractivity contribution < 1.29 is 72.9 Å². The van der Waals surface area contributed by atoms with Crippen molar-refractivity contribution in [2.24, 2.45) is 0 Å². The van der Waals surface area contributed by atoms with Crippen molar-refractivity contribution >= 4 is 23.8 Å². The molecular formula is C68H80F10N6O8. The molecule has 0 aliphatic carbocycles. The number of esters is 1. The number of nitrogens with one attached hydrogen (secondary N) is 2. The van der Waals surface area contributed by atoms with Crippen LogP contribution in [0.2, 0.25) is 0 Å². The van der Waals surface area contributed by atoms with Gasteiger partial charge in [0.05, 0.1) is 42.7 Å². The maximum Gasteiger partial charge on any atom is 0.416 e. The topological polar surface area (TPSA) is 172 Å². The summed E-state index contributed by atoms with van der Waals surface area (Å²) in [5, 5.41) is 15.0. The highest BCUT2D eigenvalue weighted by Crippen LogP contribution is 2.38. The van der Waals surface area contributed by atoms with E-state index in [9.17, 15) is 69.0 Å². The van der Waals surface area contributed by atoms with Crippen LogP contribution in [0.15, 0.2) is 82.6 Å². The number of rotatable bonds is 25. The Morgan fingerprint density at radius 2 is 0.880 bits per heavy atom. The van der Waals surface area contributed by atoms with Gasteiger partial charge in [-0.2, -0.15) is 26.3 Å². The van der Waals surface area contributed by atoms with Crippen molar-refractivity contribution in [2.75, 3.05) is 47.9 Å². The summed E-state index contributed by atoms with van der Waals surface area (Å²) in [5.74, 6) is -6.02. The smallest absolute Gasteiger partial charge is 0.416 e. The first-order valence-electron chi connectivity index (χ1n) is 30.0. The number of benzene rings is 4. The van der Waals surface area contributed by atoms with Crippen molar-refractivity contribution in [3.05, 3.63) is 184 Å². The second-order valence-electron chi connectivity index (χ2n) is 23.6. The van der Waals surface area contributed by atoms with Crippen LogP contribution in [0.5, 0.6) is 0 Å². The maximum atomic E-state index is 15.9. The lowest BCUT2D eigenvalue weighted by atomic mass is 9.90. The van der Waals surface area contributed by atoms with Gasteiger partial charge in [0.2, 0.25) is 11.8 Å². The lowest BCUT2D eigenvalue weighted by molar-refractivity contribution is -0.144. The standard InChI is InChI=1S/C35H42F5N3O4.C33H38F5N3O4/c1-8-10-29(43-19-23(11-12-42(6)7)27(17-30(43)44)35(38,39)40)34(46)41-28(18-31(45)47-9-2)26-16-24(13-22(5)33(26)37)32-20(3)14-25(36)15-21(32)4;1-7-8-27(41-17-21(9-10-40(5)6)25(15-28(41)42)33(36,37)38)32(45)39-26(16-29(43)44)24-14-22(11-20(4)31(24)35)30-18(2)12-23(34)13-19(30)3/h13-17,19,28-29H,8-12,18H2,1-7H3,(H,41,46);11-15,17,26-27H,7-10,16H2,1-6H3,(H,39,45)(H,43,44)/t28-,29?;26-,27?/m00/s1. The third-order valence-electron chi connectivity index (χ3n) is 15.6. The highest BCUT2D eigenvalue weighted by Gasteiger charge is 2.38. The highest BCUT2D eigenvalue weighted by atomic mass is 19.4. The molecule has 0 radical (unpaired) electrons. The molecule has 2 unspecified atom stereocenters. The minimum Gasteiger partial charge on any atom is -0.481 e. The number of carbonyl (C=O) groups is 4. The molecule has 0 bridgehead atoms. The number of carboxylic acids is 1. The van der Waals surface area contributed by atoms with E-state index in [1.54, 1.807) is 98.6 Å². The third kappa shape index (κ3) is 19.2. The zero-order chi connectivity index (χ0) is 69.0. The molecule has 92 heavy (non-hydrogen) atoms. The molecule has 500 valence electrons. The van der Waals surface area contributed by atoms with E-state index in [-0.39, 0.29) is 78.8 Å². The molecule has 0 aliphatic rings. The van der Waals surface area contributed by atoms with Gasteiger partial charge >= 0.3 is 24.3 Å². The van der Waals surface area contributed by atoms with Gasteiger partial charge in [0.25, 0.3) is 11.1 Å². The van der Waals surface area contributed by atoms with Gasteiger partial charge in [-0.1, -0.05) is 26.7 Å². The monoisotopic (exact) mass is 1300 g/mol. The van der Waals surface area contributed by atoms with Gasteiger partial charge < -0.3 is 39.4 Å². The summed E-state index contributed by atoms with van der Waals surface area (Å²) in [5.41, 5.74) is 0.254. The molecule has 4 atom stereocenters. The first kappa shape index (κ1) is 74.6. The van der Waals surface area contributed by atoms with Crippen LogP contribution in [0.25, 0.3) is 22.3 Å². The summed E-state index contributed by atoms with van der Waals surface area (Å²) in [6.45, 7) is 15.4. The van der Waals surface area contributed by atoms with Crippen molar-refractivity contribution in [3.63, 3.8) is 0 Å². The molecule has 14 nitrogen and oxygen atoms in total. The highest BCUT2D eigenvalue weighted by molar-refractivity contribution is 5.83.